The Bertz CT molecular complexity index is 369. The predicted octanol–water partition coefficient (Wildman–Crippen LogP) is 4.95. The number of hydrogen-bond acceptors (Lipinski definition) is 0. The molecule has 16 heavy (non-hydrogen) atoms. The maximum atomic E-state index is 5.64. The third-order valence-electron chi connectivity index (χ3n) is 2.15. The van der Waals surface area contributed by atoms with Crippen molar-refractivity contribution in [2.24, 2.45) is 0 Å². The minimum atomic E-state index is 0.810. The van der Waals surface area contributed by atoms with Gasteiger partial charge in [0.05, 0.1) is 0 Å². The summed E-state index contributed by atoms with van der Waals surface area (Å²) in [6, 6.07) is 16.2. The Hall–Kier alpha value is -1.27. The summed E-state index contributed by atoms with van der Waals surface area (Å²) >= 11 is 5.64. The molecule has 0 spiro atoms. The van der Waals surface area contributed by atoms with Gasteiger partial charge < -0.3 is 0 Å². The zero-order valence-electron chi connectivity index (χ0n) is 10.00. The summed E-state index contributed by atoms with van der Waals surface area (Å²) in [7, 11) is 0. The second kappa shape index (κ2) is 6.34. The second-order valence-electron chi connectivity index (χ2n) is 3.96. The summed E-state index contributed by atoms with van der Waals surface area (Å²) in [4.78, 5) is 0. The van der Waals surface area contributed by atoms with E-state index in [4.69, 9.17) is 11.6 Å². The molecule has 0 aliphatic rings. The van der Waals surface area contributed by atoms with Crippen molar-refractivity contribution < 1.29 is 0 Å². The molecule has 2 aromatic rings. The Labute approximate surface area is 103 Å². The summed E-state index contributed by atoms with van der Waals surface area (Å²) < 4.78 is 0. The minimum Gasteiger partial charge on any atom is -0.0843 e. The van der Waals surface area contributed by atoms with E-state index in [0.717, 1.165) is 5.02 Å². The van der Waals surface area contributed by atoms with Crippen LogP contribution in [0.1, 0.15) is 16.7 Å². The largest absolute Gasteiger partial charge is 0.0843 e. The van der Waals surface area contributed by atoms with Gasteiger partial charge in [-0.05, 0) is 38.5 Å². The highest BCUT2D eigenvalue weighted by atomic mass is 35.5. The highest BCUT2D eigenvalue weighted by Gasteiger charge is 1.83. The van der Waals surface area contributed by atoms with Gasteiger partial charge in [0.15, 0.2) is 0 Å². The van der Waals surface area contributed by atoms with Gasteiger partial charge in [-0.25, -0.2) is 0 Å². The van der Waals surface area contributed by atoms with Crippen LogP contribution in [-0.2, 0) is 0 Å². The fraction of sp³-hybridized carbons (Fsp3) is 0.200. The number of hydrogen-bond donors (Lipinski definition) is 0. The van der Waals surface area contributed by atoms with Crippen molar-refractivity contribution >= 4 is 11.6 Å². The highest BCUT2D eigenvalue weighted by Crippen LogP contribution is 2.08. The highest BCUT2D eigenvalue weighted by molar-refractivity contribution is 6.30. The molecule has 0 N–H and O–H groups in total. The molecule has 0 radical (unpaired) electrons. The van der Waals surface area contributed by atoms with Crippen molar-refractivity contribution in [1.29, 1.82) is 0 Å². The molecule has 0 aromatic heterocycles. The van der Waals surface area contributed by atoms with E-state index in [1.165, 1.54) is 16.7 Å². The van der Waals surface area contributed by atoms with Crippen LogP contribution in [-0.4, -0.2) is 0 Å². The SMILES string of the molecule is Cc1cccc(C)c1.Cc1cccc(Cl)c1. The summed E-state index contributed by atoms with van der Waals surface area (Å²) in [5.74, 6) is 0. The van der Waals surface area contributed by atoms with Gasteiger partial charge in [-0.2, -0.15) is 0 Å². The molecule has 0 bridgehead atoms. The van der Waals surface area contributed by atoms with Crippen LogP contribution in [0.4, 0.5) is 0 Å². The quantitative estimate of drug-likeness (QED) is 0.603. The molecule has 0 unspecified atom stereocenters. The van der Waals surface area contributed by atoms with Crippen LogP contribution in [0, 0.1) is 20.8 Å². The van der Waals surface area contributed by atoms with E-state index in [1.807, 2.05) is 31.2 Å². The topological polar surface area (TPSA) is 0 Å². The van der Waals surface area contributed by atoms with Crippen LogP contribution in [0.25, 0.3) is 0 Å². The first kappa shape index (κ1) is 12.8. The van der Waals surface area contributed by atoms with Gasteiger partial charge in [-0.15, -0.1) is 0 Å². The van der Waals surface area contributed by atoms with Crippen LogP contribution in [0.15, 0.2) is 48.5 Å². The molecule has 0 aliphatic heterocycles. The normalized spacial score (nSPS) is 9.25. The second-order valence-corrected chi connectivity index (χ2v) is 4.39. The first-order chi connectivity index (χ1) is 7.58. The van der Waals surface area contributed by atoms with Crippen molar-refractivity contribution in [2.75, 3.05) is 0 Å². The van der Waals surface area contributed by atoms with Crippen molar-refractivity contribution in [2.45, 2.75) is 20.8 Å². The molecule has 0 atom stereocenters. The van der Waals surface area contributed by atoms with Gasteiger partial charge in [0, 0.05) is 5.02 Å². The molecule has 0 saturated heterocycles. The summed E-state index contributed by atoms with van der Waals surface area (Å²) in [6.45, 7) is 6.23. The van der Waals surface area contributed by atoms with Crippen LogP contribution in [0.5, 0.6) is 0 Å². The third-order valence-corrected chi connectivity index (χ3v) is 2.39. The van der Waals surface area contributed by atoms with E-state index in [-0.39, 0.29) is 0 Å². The van der Waals surface area contributed by atoms with Gasteiger partial charge in [-0.3, -0.25) is 0 Å². The Morgan fingerprint density at radius 3 is 1.38 bits per heavy atom. The molecule has 0 aliphatic carbocycles. The zero-order valence-corrected chi connectivity index (χ0v) is 10.8. The fourth-order valence-electron chi connectivity index (χ4n) is 1.41. The lowest BCUT2D eigenvalue weighted by Gasteiger charge is -1.90. The Morgan fingerprint density at radius 2 is 1.12 bits per heavy atom. The number of benzene rings is 2. The molecule has 1 heteroatoms. The predicted molar refractivity (Wildman–Crippen MR) is 72.1 cm³/mol. The maximum Gasteiger partial charge on any atom is 0.0408 e. The average Bonchev–Trinajstić information content (AvgIpc) is 2.17. The molecular weight excluding hydrogens is 216 g/mol. The average molecular weight is 233 g/mol. The zero-order chi connectivity index (χ0) is 12.0. The first-order valence-corrected chi connectivity index (χ1v) is 5.71. The molecule has 0 amide bonds. The lowest BCUT2D eigenvalue weighted by Crippen LogP contribution is -1.71. The smallest absolute Gasteiger partial charge is 0.0408 e. The van der Waals surface area contributed by atoms with E-state index >= 15 is 0 Å². The van der Waals surface area contributed by atoms with Crippen molar-refractivity contribution in [3.8, 4) is 0 Å². The summed E-state index contributed by atoms with van der Waals surface area (Å²) in [5, 5.41) is 0.810. The van der Waals surface area contributed by atoms with Crippen LogP contribution in [0.3, 0.4) is 0 Å². The molecule has 0 nitrogen and oxygen atoms in total. The minimum absolute atomic E-state index is 0.810. The molecule has 0 heterocycles. The van der Waals surface area contributed by atoms with Gasteiger partial charge in [0.1, 0.15) is 0 Å². The standard InChI is InChI=1S/C8H10.C7H7Cl/c1-7-4-3-5-8(2)6-7;1-6-3-2-4-7(8)5-6/h3-6H,1-2H3;2-5H,1H3. The fourth-order valence-corrected chi connectivity index (χ4v) is 1.66. The van der Waals surface area contributed by atoms with Gasteiger partial charge in [0.2, 0.25) is 0 Å². The van der Waals surface area contributed by atoms with E-state index < -0.39 is 0 Å². The van der Waals surface area contributed by atoms with Crippen LogP contribution < -0.4 is 0 Å². The van der Waals surface area contributed by atoms with Crippen molar-refractivity contribution in [1.82, 2.24) is 0 Å². The molecular formula is C15H17Cl. The van der Waals surface area contributed by atoms with Crippen molar-refractivity contribution in [3.05, 3.63) is 70.2 Å². The Balaban J connectivity index is 0.000000160. The molecule has 84 valence electrons. The molecule has 2 aromatic carbocycles. The van der Waals surface area contributed by atoms with E-state index in [2.05, 4.69) is 38.1 Å². The monoisotopic (exact) mass is 232 g/mol. The van der Waals surface area contributed by atoms with Crippen LogP contribution in [0.2, 0.25) is 5.02 Å². The van der Waals surface area contributed by atoms with Gasteiger partial charge in [-0.1, -0.05) is 59.1 Å². The van der Waals surface area contributed by atoms with E-state index in [1.54, 1.807) is 0 Å². The van der Waals surface area contributed by atoms with Gasteiger partial charge in [0.25, 0.3) is 0 Å². The molecule has 0 saturated carbocycles. The lowest BCUT2D eigenvalue weighted by atomic mass is 10.2. The van der Waals surface area contributed by atoms with Gasteiger partial charge >= 0.3 is 0 Å². The molecule has 0 fully saturated rings. The summed E-state index contributed by atoms with van der Waals surface area (Å²) in [6.07, 6.45) is 0. The lowest BCUT2D eigenvalue weighted by molar-refractivity contribution is 1.39. The van der Waals surface area contributed by atoms with Crippen molar-refractivity contribution in [3.63, 3.8) is 0 Å². The summed E-state index contributed by atoms with van der Waals surface area (Å²) in [5.41, 5.74) is 3.88. The first-order valence-electron chi connectivity index (χ1n) is 5.33. The Morgan fingerprint density at radius 1 is 0.688 bits per heavy atom. The van der Waals surface area contributed by atoms with E-state index in [0.29, 0.717) is 0 Å². The third kappa shape index (κ3) is 4.99. The maximum absolute atomic E-state index is 5.64. The van der Waals surface area contributed by atoms with E-state index in [9.17, 15) is 0 Å². The number of rotatable bonds is 0. The Kier molecular flexibility index (Phi) is 5.07. The number of aryl methyl sites for hydroxylation is 3. The molecule has 2 rings (SSSR count). The number of halogens is 1. The van der Waals surface area contributed by atoms with Crippen LogP contribution >= 0.6 is 11.6 Å².